The first-order valence-electron chi connectivity index (χ1n) is 10.4. The van der Waals surface area contributed by atoms with E-state index in [0.717, 1.165) is 22.7 Å². The second kappa shape index (κ2) is 7.83. The standard InChI is InChI=1S/C22H16F2N8O2/c23-22(24)32-10-14(9-28-32)19-29-30-20(34-19)21(33)31-6-5-15-17(27-11-26-15)18(31)16-7-12-3-1-2-4-13(12)8-25-16/h1-4,7-11,18,22H,5-6H2,(H,26,27)/t18-/m1/s1. The van der Waals surface area contributed by atoms with Crippen LogP contribution < -0.4 is 0 Å². The molecule has 0 bridgehead atoms. The largest absolute Gasteiger partial charge is 0.412 e. The minimum atomic E-state index is -2.80. The summed E-state index contributed by atoms with van der Waals surface area (Å²) in [6, 6.07) is 9.18. The van der Waals surface area contributed by atoms with Gasteiger partial charge in [0, 0.05) is 36.4 Å². The Hall–Kier alpha value is -4.48. The van der Waals surface area contributed by atoms with Crippen molar-refractivity contribution in [2.75, 3.05) is 6.54 Å². The Labute approximate surface area is 190 Å². The Kier molecular flexibility index (Phi) is 4.64. The molecular weight excluding hydrogens is 446 g/mol. The Morgan fingerprint density at radius 1 is 1.15 bits per heavy atom. The number of nitrogens with zero attached hydrogens (tertiary/aromatic N) is 7. The number of amides is 1. The minimum absolute atomic E-state index is 0.0758. The van der Waals surface area contributed by atoms with Gasteiger partial charge in [-0.3, -0.25) is 9.78 Å². The highest BCUT2D eigenvalue weighted by Crippen LogP contribution is 2.34. The second-order valence-corrected chi connectivity index (χ2v) is 7.77. The summed E-state index contributed by atoms with van der Waals surface area (Å²) in [6.07, 6.45) is 6.17. The third kappa shape index (κ3) is 3.31. The van der Waals surface area contributed by atoms with E-state index in [0.29, 0.717) is 29.0 Å². The third-order valence-electron chi connectivity index (χ3n) is 5.77. The maximum atomic E-state index is 13.5. The zero-order valence-electron chi connectivity index (χ0n) is 17.5. The number of carbonyl (C=O) groups excluding carboxylic acids is 1. The van der Waals surface area contributed by atoms with Crippen LogP contribution in [-0.2, 0) is 6.42 Å². The molecule has 0 saturated heterocycles. The third-order valence-corrected chi connectivity index (χ3v) is 5.77. The Balaban J connectivity index is 1.37. The molecule has 1 aromatic carbocycles. The number of nitrogens with one attached hydrogen (secondary N) is 1. The highest BCUT2D eigenvalue weighted by atomic mass is 19.3. The molecule has 0 radical (unpaired) electrons. The number of aromatic amines is 1. The first-order valence-corrected chi connectivity index (χ1v) is 10.4. The molecule has 4 aromatic heterocycles. The molecule has 0 aliphatic carbocycles. The number of benzene rings is 1. The van der Waals surface area contributed by atoms with Gasteiger partial charge in [0.25, 0.3) is 5.89 Å². The van der Waals surface area contributed by atoms with Crippen LogP contribution in [0.3, 0.4) is 0 Å². The SMILES string of the molecule is O=C(c1nnc(-c2cnn(C(F)F)c2)o1)N1CCc2[nH]cnc2[C@H]1c1cc2ccccc2cn1. The summed E-state index contributed by atoms with van der Waals surface area (Å²) in [5, 5.41) is 13.2. The average Bonchev–Trinajstić information content (AvgIpc) is 3.62. The van der Waals surface area contributed by atoms with Crippen LogP contribution in [0.15, 0.2) is 59.7 Å². The smallest absolute Gasteiger partial charge is 0.333 e. The van der Waals surface area contributed by atoms with Crippen molar-refractivity contribution in [3.05, 3.63) is 78.2 Å². The normalized spacial score (nSPS) is 15.7. The van der Waals surface area contributed by atoms with Gasteiger partial charge >= 0.3 is 18.3 Å². The molecule has 1 atom stereocenters. The van der Waals surface area contributed by atoms with Gasteiger partial charge in [0.05, 0.1) is 29.5 Å². The van der Waals surface area contributed by atoms with Crippen molar-refractivity contribution >= 4 is 16.7 Å². The summed E-state index contributed by atoms with van der Waals surface area (Å²) in [7, 11) is 0. The van der Waals surface area contributed by atoms with Crippen LogP contribution in [0.5, 0.6) is 0 Å². The van der Waals surface area contributed by atoms with Crippen LogP contribution >= 0.6 is 0 Å². The number of H-pyrrole nitrogens is 1. The molecule has 34 heavy (non-hydrogen) atoms. The van der Waals surface area contributed by atoms with E-state index in [9.17, 15) is 13.6 Å². The zero-order chi connectivity index (χ0) is 23.2. The monoisotopic (exact) mass is 462 g/mol. The number of aromatic nitrogens is 7. The summed E-state index contributed by atoms with van der Waals surface area (Å²) >= 11 is 0. The van der Waals surface area contributed by atoms with E-state index in [2.05, 4.69) is 30.2 Å². The number of halogens is 2. The zero-order valence-corrected chi connectivity index (χ0v) is 17.5. The number of hydrogen-bond acceptors (Lipinski definition) is 7. The van der Waals surface area contributed by atoms with E-state index in [-0.39, 0.29) is 17.3 Å². The van der Waals surface area contributed by atoms with Gasteiger partial charge in [-0.15, -0.1) is 10.2 Å². The Morgan fingerprint density at radius 2 is 2.00 bits per heavy atom. The van der Waals surface area contributed by atoms with Crippen molar-refractivity contribution in [2.24, 2.45) is 0 Å². The number of alkyl halides is 2. The first-order chi connectivity index (χ1) is 16.6. The van der Waals surface area contributed by atoms with Gasteiger partial charge in [-0.25, -0.2) is 9.67 Å². The van der Waals surface area contributed by atoms with Gasteiger partial charge in [0.2, 0.25) is 0 Å². The molecule has 1 aliphatic rings. The lowest BCUT2D eigenvalue weighted by molar-refractivity contribution is 0.0566. The van der Waals surface area contributed by atoms with E-state index >= 15 is 0 Å². The van der Waals surface area contributed by atoms with Gasteiger partial charge in [-0.05, 0) is 11.5 Å². The number of hydrogen-bond donors (Lipinski definition) is 1. The van der Waals surface area contributed by atoms with E-state index < -0.39 is 18.5 Å². The van der Waals surface area contributed by atoms with Gasteiger partial charge in [-0.1, -0.05) is 24.3 Å². The molecule has 1 aliphatic heterocycles. The molecule has 1 N–H and O–H groups in total. The number of rotatable bonds is 4. The molecule has 6 rings (SSSR count). The molecule has 5 heterocycles. The summed E-state index contributed by atoms with van der Waals surface area (Å²) < 4.78 is 31.7. The molecule has 10 nitrogen and oxygen atoms in total. The van der Waals surface area contributed by atoms with Crippen molar-refractivity contribution < 1.29 is 18.0 Å². The van der Waals surface area contributed by atoms with Gasteiger partial charge < -0.3 is 14.3 Å². The maximum Gasteiger partial charge on any atom is 0.333 e. The molecule has 170 valence electrons. The highest BCUT2D eigenvalue weighted by molar-refractivity contribution is 5.91. The predicted molar refractivity (Wildman–Crippen MR) is 114 cm³/mol. The van der Waals surface area contributed by atoms with E-state index in [1.807, 2.05) is 30.3 Å². The molecule has 12 heteroatoms. The summed E-state index contributed by atoms with van der Waals surface area (Å²) in [6.45, 7) is -2.43. The van der Waals surface area contributed by atoms with E-state index in [1.54, 1.807) is 17.4 Å². The summed E-state index contributed by atoms with van der Waals surface area (Å²) in [5.41, 5.74) is 2.46. The Morgan fingerprint density at radius 3 is 2.82 bits per heavy atom. The lowest BCUT2D eigenvalue weighted by Gasteiger charge is -2.33. The molecule has 0 saturated carbocycles. The van der Waals surface area contributed by atoms with Crippen molar-refractivity contribution in [1.29, 1.82) is 0 Å². The van der Waals surface area contributed by atoms with Crippen molar-refractivity contribution in [1.82, 2.24) is 39.8 Å². The van der Waals surface area contributed by atoms with Crippen LogP contribution in [0.4, 0.5) is 8.78 Å². The molecule has 5 aromatic rings. The first kappa shape index (κ1) is 20.1. The highest BCUT2D eigenvalue weighted by Gasteiger charge is 2.37. The van der Waals surface area contributed by atoms with Gasteiger partial charge in [0.1, 0.15) is 6.04 Å². The van der Waals surface area contributed by atoms with Crippen molar-refractivity contribution in [2.45, 2.75) is 19.0 Å². The van der Waals surface area contributed by atoms with Crippen LogP contribution in [-0.4, -0.2) is 52.3 Å². The van der Waals surface area contributed by atoms with Crippen LogP contribution in [0.25, 0.3) is 22.2 Å². The molecular formula is C22H16F2N8O2. The number of fused-ring (bicyclic) bond motifs is 2. The molecule has 0 fully saturated rings. The molecule has 0 spiro atoms. The van der Waals surface area contributed by atoms with E-state index in [1.165, 1.54) is 6.20 Å². The second-order valence-electron chi connectivity index (χ2n) is 7.77. The van der Waals surface area contributed by atoms with Gasteiger partial charge in [0.15, 0.2) is 0 Å². The summed E-state index contributed by atoms with van der Waals surface area (Å²) in [5.74, 6) is -0.841. The predicted octanol–water partition coefficient (Wildman–Crippen LogP) is 3.39. The average molecular weight is 462 g/mol. The fraction of sp³-hybridized carbons (Fsp3) is 0.182. The van der Waals surface area contributed by atoms with Crippen molar-refractivity contribution in [3.8, 4) is 11.5 Å². The summed E-state index contributed by atoms with van der Waals surface area (Å²) in [4.78, 5) is 27.2. The fourth-order valence-electron chi connectivity index (χ4n) is 4.15. The topological polar surface area (TPSA) is 119 Å². The fourth-order valence-corrected chi connectivity index (χ4v) is 4.15. The minimum Gasteiger partial charge on any atom is -0.412 e. The van der Waals surface area contributed by atoms with Crippen LogP contribution in [0.2, 0.25) is 0 Å². The number of pyridine rings is 1. The van der Waals surface area contributed by atoms with Crippen molar-refractivity contribution in [3.63, 3.8) is 0 Å². The maximum absolute atomic E-state index is 13.5. The molecule has 1 amide bonds. The van der Waals surface area contributed by atoms with E-state index in [4.69, 9.17) is 4.42 Å². The lowest BCUT2D eigenvalue weighted by atomic mass is 9.98. The van der Waals surface area contributed by atoms with Crippen LogP contribution in [0.1, 0.15) is 40.4 Å². The van der Waals surface area contributed by atoms with Gasteiger partial charge in [-0.2, -0.15) is 13.9 Å². The quantitative estimate of drug-likeness (QED) is 0.435. The number of carbonyl (C=O) groups is 1. The Bertz CT molecular complexity index is 1510. The van der Waals surface area contributed by atoms with Crippen LogP contribution in [0, 0.1) is 0 Å². The number of imidazole rings is 1. The lowest BCUT2D eigenvalue weighted by Crippen LogP contribution is -2.41. The molecule has 0 unspecified atom stereocenters.